The van der Waals surface area contributed by atoms with E-state index in [2.05, 4.69) is 15.4 Å². The Labute approximate surface area is 165 Å². The minimum absolute atomic E-state index is 0.168. The van der Waals surface area contributed by atoms with E-state index in [0.29, 0.717) is 51.9 Å². The Morgan fingerprint density at radius 3 is 2.86 bits per heavy atom. The number of hydrogen-bond acceptors (Lipinski definition) is 4. The molecule has 28 heavy (non-hydrogen) atoms. The van der Waals surface area contributed by atoms with E-state index in [1.807, 2.05) is 0 Å². The van der Waals surface area contributed by atoms with Crippen molar-refractivity contribution in [2.75, 3.05) is 13.1 Å². The van der Waals surface area contributed by atoms with Crippen LogP contribution >= 0.6 is 11.6 Å². The van der Waals surface area contributed by atoms with Crippen LogP contribution in [0.3, 0.4) is 0 Å². The zero-order valence-corrected chi connectivity index (χ0v) is 15.6. The van der Waals surface area contributed by atoms with E-state index in [1.165, 1.54) is 12.3 Å². The molecule has 2 aromatic carbocycles. The van der Waals surface area contributed by atoms with Crippen LogP contribution in [0.1, 0.15) is 27.2 Å². The van der Waals surface area contributed by atoms with E-state index >= 15 is 0 Å². The van der Waals surface area contributed by atoms with Crippen molar-refractivity contribution in [2.24, 2.45) is 10.7 Å². The number of halogens is 2. The van der Waals surface area contributed by atoms with Crippen molar-refractivity contribution < 1.29 is 9.18 Å². The van der Waals surface area contributed by atoms with Crippen molar-refractivity contribution in [3.05, 3.63) is 81.9 Å². The van der Waals surface area contributed by atoms with E-state index in [4.69, 9.17) is 17.3 Å². The van der Waals surface area contributed by atoms with Crippen molar-refractivity contribution in [1.82, 2.24) is 15.1 Å². The molecule has 2 heterocycles. The highest BCUT2D eigenvalue weighted by atomic mass is 35.5. The second kappa shape index (κ2) is 7.53. The van der Waals surface area contributed by atoms with E-state index in [-0.39, 0.29) is 18.3 Å². The lowest BCUT2D eigenvalue weighted by molar-refractivity contribution is 0.0954. The summed E-state index contributed by atoms with van der Waals surface area (Å²) >= 11 is 6.21. The average molecular weight is 398 g/mol. The SMILES string of the molecule is NCCNC(=O)c1cnn2c1CN=C(c1ccccc1F)c1cc(Cl)ccc1-2. The molecule has 0 aliphatic carbocycles. The van der Waals surface area contributed by atoms with Gasteiger partial charge in [0.1, 0.15) is 5.82 Å². The summed E-state index contributed by atoms with van der Waals surface area (Å²) in [7, 11) is 0. The average Bonchev–Trinajstić information content (AvgIpc) is 3.05. The number of amides is 1. The maximum atomic E-state index is 14.5. The first-order valence-corrected chi connectivity index (χ1v) is 9.12. The molecule has 8 heteroatoms. The fourth-order valence-electron chi connectivity index (χ4n) is 3.21. The third kappa shape index (κ3) is 3.19. The van der Waals surface area contributed by atoms with E-state index in [9.17, 15) is 9.18 Å². The molecule has 1 aromatic heterocycles. The number of fused-ring (bicyclic) bond motifs is 3. The largest absolute Gasteiger partial charge is 0.351 e. The van der Waals surface area contributed by atoms with Gasteiger partial charge in [0.2, 0.25) is 0 Å². The van der Waals surface area contributed by atoms with Crippen LogP contribution in [0.4, 0.5) is 4.39 Å². The third-order valence-electron chi connectivity index (χ3n) is 4.50. The molecule has 0 spiro atoms. The number of carbonyl (C=O) groups excluding carboxylic acids is 1. The number of rotatable bonds is 4. The maximum absolute atomic E-state index is 14.5. The van der Waals surface area contributed by atoms with Gasteiger partial charge in [-0.05, 0) is 30.3 Å². The number of aromatic nitrogens is 2. The van der Waals surface area contributed by atoms with Gasteiger partial charge < -0.3 is 11.1 Å². The molecule has 3 N–H and O–H groups in total. The van der Waals surface area contributed by atoms with Crippen LogP contribution in [-0.2, 0) is 6.54 Å². The van der Waals surface area contributed by atoms with Gasteiger partial charge in [0.25, 0.3) is 5.91 Å². The third-order valence-corrected chi connectivity index (χ3v) is 4.74. The van der Waals surface area contributed by atoms with Crippen LogP contribution in [0, 0.1) is 5.82 Å². The van der Waals surface area contributed by atoms with Crippen molar-refractivity contribution in [3.63, 3.8) is 0 Å². The number of aliphatic imine (C=N–C) groups is 1. The van der Waals surface area contributed by atoms with Crippen molar-refractivity contribution in [2.45, 2.75) is 6.54 Å². The van der Waals surface area contributed by atoms with Crippen LogP contribution in [0.5, 0.6) is 0 Å². The quantitative estimate of drug-likeness (QED) is 0.709. The van der Waals surface area contributed by atoms with Gasteiger partial charge in [0.15, 0.2) is 0 Å². The molecule has 1 aliphatic rings. The molecular formula is C20H17ClFN5O. The van der Waals surface area contributed by atoms with E-state index < -0.39 is 0 Å². The van der Waals surface area contributed by atoms with Crippen LogP contribution in [0.15, 0.2) is 53.7 Å². The minimum Gasteiger partial charge on any atom is -0.351 e. The van der Waals surface area contributed by atoms with Crippen LogP contribution < -0.4 is 11.1 Å². The van der Waals surface area contributed by atoms with Gasteiger partial charge in [-0.3, -0.25) is 9.79 Å². The molecule has 1 aliphatic heterocycles. The molecule has 6 nitrogen and oxygen atoms in total. The summed E-state index contributed by atoms with van der Waals surface area (Å²) in [5, 5.41) is 7.62. The summed E-state index contributed by atoms with van der Waals surface area (Å²) in [5.41, 5.74) is 8.64. The molecule has 0 saturated carbocycles. The summed E-state index contributed by atoms with van der Waals surface area (Å²) in [4.78, 5) is 17.1. The van der Waals surface area contributed by atoms with E-state index in [0.717, 1.165) is 0 Å². The molecule has 0 atom stereocenters. The van der Waals surface area contributed by atoms with Crippen LogP contribution in [0.25, 0.3) is 5.69 Å². The second-order valence-electron chi connectivity index (χ2n) is 6.27. The fourth-order valence-corrected chi connectivity index (χ4v) is 3.38. The van der Waals surface area contributed by atoms with Gasteiger partial charge >= 0.3 is 0 Å². The topological polar surface area (TPSA) is 85.3 Å². The van der Waals surface area contributed by atoms with Crippen molar-refractivity contribution >= 4 is 23.2 Å². The van der Waals surface area contributed by atoms with Gasteiger partial charge in [-0.15, -0.1) is 0 Å². The van der Waals surface area contributed by atoms with Crippen LogP contribution in [0.2, 0.25) is 5.02 Å². The monoisotopic (exact) mass is 397 g/mol. The van der Waals surface area contributed by atoms with Gasteiger partial charge in [-0.1, -0.05) is 23.7 Å². The Bertz CT molecular complexity index is 1090. The number of nitrogens with zero attached hydrogens (tertiary/aromatic N) is 3. The summed E-state index contributed by atoms with van der Waals surface area (Å²) < 4.78 is 16.1. The molecule has 0 bridgehead atoms. The van der Waals surface area contributed by atoms with Gasteiger partial charge in [-0.25, -0.2) is 9.07 Å². The Morgan fingerprint density at radius 2 is 2.07 bits per heavy atom. The highest BCUT2D eigenvalue weighted by Crippen LogP contribution is 2.29. The number of carbonyl (C=O) groups is 1. The van der Waals surface area contributed by atoms with Gasteiger partial charge in [-0.2, -0.15) is 5.10 Å². The lowest BCUT2D eigenvalue weighted by atomic mass is 10.00. The smallest absolute Gasteiger partial charge is 0.254 e. The molecule has 0 unspecified atom stereocenters. The number of benzene rings is 2. The predicted octanol–water partition coefficient (Wildman–Crippen LogP) is 2.70. The Kier molecular flexibility index (Phi) is 4.93. The minimum atomic E-state index is -0.382. The van der Waals surface area contributed by atoms with Crippen molar-refractivity contribution in [3.8, 4) is 5.69 Å². The van der Waals surface area contributed by atoms with Gasteiger partial charge in [0, 0.05) is 29.2 Å². The van der Waals surface area contributed by atoms with Crippen LogP contribution in [-0.4, -0.2) is 34.5 Å². The van der Waals surface area contributed by atoms with E-state index in [1.54, 1.807) is 41.1 Å². The number of nitrogens with one attached hydrogen (secondary N) is 1. The highest BCUT2D eigenvalue weighted by Gasteiger charge is 2.25. The molecule has 3 aromatic rings. The molecule has 4 rings (SSSR count). The molecule has 0 fully saturated rings. The first-order chi connectivity index (χ1) is 13.6. The Balaban J connectivity index is 1.89. The molecular weight excluding hydrogens is 381 g/mol. The standard InChI is InChI=1S/C20H17ClFN5O/c21-12-5-6-17-14(9-12)19(13-3-1-2-4-16(13)22)25-11-18-15(10-26-27(17)18)20(28)24-8-7-23/h1-6,9-10H,7-8,11,23H2,(H,24,28). The molecule has 142 valence electrons. The molecule has 0 saturated heterocycles. The highest BCUT2D eigenvalue weighted by molar-refractivity contribution is 6.31. The zero-order valence-electron chi connectivity index (χ0n) is 14.8. The second-order valence-corrected chi connectivity index (χ2v) is 6.70. The normalized spacial score (nSPS) is 12.6. The zero-order chi connectivity index (χ0) is 19.7. The fraction of sp³-hybridized carbons (Fsp3) is 0.150. The summed E-state index contributed by atoms with van der Waals surface area (Å²) in [6.45, 7) is 0.868. The number of hydrogen-bond donors (Lipinski definition) is 2. The Hall–Kier alpha value is -3.03. The first-order valence-electron chi connectivity index (χ1n) is 8.75. The lowest BCUT2D eigenvalue weighted by Crippen LogP contribution is -2.29. The number of nitrogens with two attached hydrogens (primary N) is 1. The maximum Gasteiger partial charge on any atom is 0.254 e. The summed E-state index contributed by atoms with van der Waals surface area (Å²) in [6, 6.07) is 11.7. The van der Waals surface area contributed by atoms with Crippen molar-refractivity contribution in [1.29, 1.82) is 0 Å². The first kappa shape index (κ1) is 18.3. The summed E-state index contributed by atoms with van der Waals surface area (Å²) in [6.07, 6.45) is 1.50. The van der Waals surface area contributed by atoms with Gasteiger partial charge in [0.05, 0.1) is 35.4 Å². The lowest BCUT2D eigenvalue weighted by Gasteiger charge is -2.12. The molecule has 1 amide bonds. The predicted molar refractivity (Wildman–Crippen MR) is 106 cm³/mol. The summed E-state index contributed by atoms with van der Waals surface area (Å²) in [5.74, 6) is -0.653. The Morgan fingerprint density at radius 1 is 1.25 bits per heavy atom. The molecule has 0 radical (unpaired) electrons.